The zero-order valence-electron chi connectivity index (χ0n) is 15.8. The van der Waals surface area contributed by atoms with Crippen LogP contribution in [0.25, 0.3) is 10.9 Å². The van der Waals surface area contributed by atoms with Crippen LogP contribution in [0.2, 0.25) is 5.15 Å². The normalized spacial score (nSPS) is 10.8. The van der Waals surface area contributed by atoms with Crippen LogP contribution in [0.5, 0.6) is 5.75 Å². The average molecular weight is 415 g/mol. The summed E-state index contributed by atoms with van der Waals surface area (Å²) in [5.41, 5.74) is -1.12. The largest absolute Gasteiger partial charge is 0.497 e. The molecule has 2 aromatic heterocycles. The monoisotopic (exact) mass is 414 g/mol. The number of benzene rings is 1. The Morgan fingerprint density at radius 1 is 1.00 bits per heavy atom. The number of fused-ring (bicyclic) bond motifs is 1. The van der Waals surface area contributed by atoms with Crippen LogP contribution >= 0.6 is 11.6 Å². The Balaban J connectivity index is 2.19. The highest BCUT2D eigenvalue weighted by atomic mass is 35.5. The van der Waals surface area contributed by atoms with E-state index in [4.69, 9.17) is 16.3 Å². The summed E-state index contributed by atoms with van der Waals surface area (Å²) in [6, 6.07) is 7.06. The van der Waals surface area contributed by atoms with E-state index in [1.54, 1.807) is 31.4 Å². The molecule has 0 spiro atoms. The second-order valence-electron chi connectivity index (χ2n) is 6.23. The smallest absolute Gasteiger partial charge is 0.336 e. The first kappa shape index (κ1) is 20.3. The number of aromatic nitrogens is 4. The lowest BCUT2D eigenvalue weighted by Crippen LogP contribution is -2.54. The molecule has 0 N–H and O–H groups in total. The Kier molecular flexibility index (Phi) is 5.84. The minimum Gasteiger partial charge on any atom is -0.497 e. The summed E-state index contributed by atoms with van der Waals surface area (Å²) in [7, 11) is 1.55. The van der Waals surface area contributed by atoms with E-state index in [-0.39, 0.29) is 24.8 Å². The molecule has 9 heteroatoms. The van der Waals surface area contributed by atoms with Crippen molar-refractivity contribution < 1.29 is 4.74 Å². The van der Waals surface area contributed by atoms with Gasteiger partial charge in [-0.2, -0.15) is 0 Å². The number of allylic oxidation sites excluding steroid dienone is 2. The molecule has 0 aliphatic heterocycles. The van der Waals surface area contributed by atoms with Crippen molar-refractivity contribution in [3.63, 3.8) is 0 Å². The molecule has 3 aromatic rings. The van der Waals surface area contributed by atoms with Crippen LogP contribution in [-0.4, -0.2) is 25.8 Å². The van der Waals surface area contributed by atoms with Gasteiger partial charge < -0.3 is 4.74 Å². The van der Waals surface area contributed by atoms with Crippen molar-refractivity contribution in [1.29, 1.82) is 0 Å². The Hall–Kier alpha value is -3.39. The Bertz CT molecular complexity index is 1240. The third-order valence-electron chi connectivity index (χ3n) is 4.39. The van der Waals surface area contributed by atoms with Crippen molar-refractivity contribution in [2.75, 3.05) is 7.11 Å². The fourth-order valence-corrected chi connectivity index (χ4v) is 3.17. The molecule has 0 aliphatic carbocycles. The number of pyridine rings is 1. The van der Waals surface area contributed by atoms with Crippen LogP contribution in [-0.2, 0) is 19.6 Å². The van der Waals surface area contributed by atoms with Crippen molar-refractivity contribution in [3.8, 4) is 5.75 Å². The number of methoxy groups -OCH3 is 1. The predicted octanol–water partition coefficient (Wildman–Crippen LogP) is 1.80. The molecule has 0 radical (unpaired) electrons. The predicted molar refractivity (Wildman–Crippen MR) is 112 cm³/mol. The van der Waals surface area contributed by atoms with Gasteiger partial charge in [-0.05, 0) is 18.2 Å². The summed E-state index contributed by atoms with van der Waals surface area (Å²) in [6.45, 7) is 6.91. The Morgan fingerprint density at radius 3 is 2.14 bits per heavy atom. The van der Waals surface area contributed by atoms with Crippen molar-refractivity contribution in [2.24, 2.45) is 0 Å². The maximum Gasteiger partial charge on any atom is 0.336 e. The molecule has 0 saturated carbocycles. The SMILES string of the molecule is C=CCn1c(=O)n(CC=C)c(=O)n(Cc2cc3ccc(OC)cc3nc2Cl)c1=O. The molecule has 0 saturated heterocycles. The molecule has 2 heterocycles. The van der Waals surface area contributed by atoms with Crippen LogP contribution in [0.3, 0.4) is 0 Å². The zero-order chi connectivity index (χ0) is 21.1. The maximum atomic E-state index is 12.8. The standard InChI is InChI=1S/C20H19ClN4O4/c1-4-8-23-18(26)24(9-5-2)20(28)25(19(23)27)12-14-10-13-6-7-15(29-3)11-16(13)22-17(14)21/h4-7,10-11H,1-2,8-9,12H2,3H3. The van der Waals surface area contributed by atoms with Gasteiger partial charge in [0.25, 0.3) is 0 Å². The minimum absolute atomic E-state index is 0.0292. The first-order chi connectivity index (χ1) is 13.9. The highest BCUT2D eigenvalue weighted by Gasteiger charge is 2.16. The van der Waals surface area contributed by atoms with Crippen LogP contribution in [0, 0.1) is 0 Å². The van der Waals surface area contributed by atoms with E-state index in [2.05, 4.69) is 18.1 Å². The molecule has 0 atom stereocenters. The van der Waals surface area contributed by atoms with E-state index in [1.807, 2.05) is 0 Å². The van der Waals surface area contributed by atoms with Gasteiger partial charge in [-0.1, -0.05) is 23.8 Å². The molecule has 0 amide bonds. The molecule has 29 heavy (non-hydrogen) atoms. The molecule has 8 nitrogen and oxygen atoms in total. The summed E-state index contributed by atoms with van der Waals surface area (Å²) in [6.07, 6.45) is 2.82. The van der Waals surface area contributed by atoms with Gasteiger partial charge in [-0.15, -0.1) is 13.2 Å². The van der Waals surface area contributed by atoms with Gasteiger partial charge in [0, 0.05) is 17.0 Å². The number of halogens is 1. The quantitative estimate of drug-likeness (QED) is 0.434. The van der Waals surface area contributed by atoms with Crippen molar-refractivity contribution in [3.05, 3.63) is 91.7 Å². The number of hydrogen-bond donors (Lipinski definition) is 0. The van der Waals surface area contributed by atoms with E-state index in [0.717, 1.165) is 19.1 Å². The minimum atomic E-state index is -0.744. The maximum absolute atomic E-state index is 12.8. The molecule has 0 aliphatic rings. The van der Waals surface area contributed by atoms with E-state index in [0.29, 0.717) is 16.8 Å². The fourth-order valence-electron chi connectivity index (χ4n) is 2.96. The summed E-state index contributed by atoms with van der Waals surface area (Å²) < 4.78 is 8.00. The summed E-state index contributed by atoms with van der Waals surface area (Å²) in [4.78, 5) is 42.4. The van der Waals surface area contributed by atoms with E-state index in [9.17, 15) is 14.4 Å². The van der Waals surface area contributed by atoms with Crippen LogP contribution in [0.15, 0.2) is 64.0 Å². The van der Waals surface area contributed by atoms with E-state index >= 15 is 0 Å². The Labute approximate surface area is 170 Å². The fraction of sp³-hybridized carbons (Fsp3) is 0.200. The third-order valence-corrected chi connectivity index (χ3v) is 4.72. The highest BCUT2D eigenvalue weighted by molar-refractivity contribution is 6.30. The van der Waals surface area contributed by atoms with Crippen molar-refractivity contribution in [1.82, 2.24) is 18.7 Å². The van der Waals surface area contributed by atoms with E-state index < -0.39 is 17.1 Å². The second kappa shape index (κ2) is 8.32. The van der Waals surface area contributed by atoms with Crippen LogP contribution in [0.4, 0.5) is 0 Å². The zero-order valence-corrected chi connectivity index (χ0v) is 16.6. The van der Waals surface area contributed by atoms with Gasteiger partial charge in [0.1, 0.15) is 10.9 Å². The molecule has 0 bridgehead atoms. The molecule has 0 unspecified atom stereocenters. The summed E-state index contributed by atoms with van der Waals surface area (Å²) in [5, 5.41) is 0.915. The van der Waals surface area contributed by atoms with Gasteiger partial charge in [-0.3, -0.25) is 0 Å². The number of ether oxygens (including phenoxy) is 1. The molecule has 3 rings (SSSR count). The third kappa shape index (κ3) is 3.79. The molecular formula is C20H19ClN4O4. The summed E-state index contributed by atoms with van der Waals surface area (Å²) >= 11 is 6.31. The molecule has 1 aromatic carbocycles. The van der Waals surface area contributed by atoms with Gasteiger partial charge >= 0.3 is 17.1 Å². The van der Waals surface area contributed by atoms with Crippen molar-refractivity contribution in [2.45, 2.75) is 19.6 Å². The lowest BCUT2D eigenvalue weighted by molar-refractivity contribution is 0.415. The molecular weight excluding hydrogens is 396 g/mol. The molecule has 0 fully saturated rings. The van der Waals surface area contributed by atoms with Crippen LogP contribution < -0.4 is 21.8 Å². The van der Waals surface area contributed by atoms with Gasteiger partial charge in [0.15, 0.2) is 0 Å². The highest BCUT2D eigenvalue weighted by Crippen LogP contribution is 2.24. The lowest BCUT2D eigenvalue weighted by Gasteiger charge is -2.13. The van der Waals surface area contributed by atoms with Crippen LogP contribution in [0.1, 0.15) is 5.56 Å². The Morgan fingerprint density at radius 2 is 1.59 bits per heavy atom. The van der Waals surface area contributed by atoms with Crippen molar-refractivity contribution >= 4 is 22.5 Å². The van der Waals surface area contributed by atoms with E-state index in [1.165, 1.54) is 12.2 Å². The van der Waals surface area contributed by atoms with Gasteiger partial charge in [-0.25, -0.2) is 33.1 Å². The topological polar surface area (TPSA) is 88.1 Å². The van der Waals surface area contributed by atoms with Gasteiger partial charge in [0.05, 0.1) is 32.3 Å². The first-order valence-electron chi connectivity index (χ1n) is 8.70. The summed E-state index contributed by atoms with van der Waals surface area (Å²) in [5.74, 6) is 0.633. The van der Waals surface area contributed by atoms with Gasteiger partial charge in [0.2, 0.25) is 0 Å². The number of hydrogen-bond acceptors (Lipinski definition) is 5. The number of rotatable bonds is 7. The number of nitrogens with zero attached hydrogens (tertiary/aromatic N) is 4. The lowest BCUT2D eigenvalue weighted by atomic mass is 10.1. The first-order valence-corrected chi connectivity index (χ1v) is 9.08. The molecule has 150 valence electrons. The second-order valence-corrected chi connectivity index (χ2v) is 6.59. The average Bonchev–Trinajstić information content (AvgIpc) is 2.71.